The Balaban J connectivity index is 2.11. The molecule has 7 nitrogen and oxygen atoms in total. The monoisotopic (exact) mass is 400 g/mol. The van der Waals surface area contributed by atoms with Crippen molar-refractivity contribution in [3.63, 3.8) is 0 Å². The number of rotatable bonds is 6. The van der Waals surface area contributed by atoms with Gasteiger partial charge in [0.1, 0.15) is 0 Å². The molecule has 0 atom stereocenters. The number of H-pyrrole nitrogens is 1. The van der Waals surface area contributed by atoms with Crippen LogP contribution < -0.4 is 16.6 Å². The van der Waals surface area contributed by atoms with E-state index in [9.17, 15) is 9.59 Å². The lowest BCUT2D eigenvalue weighted by Crippen LogP contribution is -2.22. The second kappa shape index (κ2) is 7.69. The summed E-state index contributed by atoms with van der Waals surface area (Å²) in [6.07, 6.45) is 1.00. The second-order valence-electron chi connectivity index (χ2n) is 5.22. The number of anilines is 2. The molecule has 23 heavy (non-hydrogen) atoms. The fourth-order valence-corrected chi connectivity index (χ4v) is 3.08. The Morgan fingerprint density at radius 2 is 2.26 bits per heavy atom. The summed E-state index contributed by atoms with van der Waals surface area (Å²) in [5.41, 5.74) is 5.20. The highest BCUT2D eigenvalue weighted by Crippen LogP contribution is 2.20. The van der Waals surface area contributed by atoms with E-state index in [1.165, 1.54) is 17.8 Å². The van der Waals surface area contributed by atoms with E-state index in [2.05, 4.69) is 45.1 Å². The maximum atomic E-state index is 12.1. The smallest absolute Gasteiger partial charge is 0.291 e. The zero-order chi connectivity index (χ0) is 17.0. The molecule has 0 spiro atoms. The molecule has 2 heterocycles. The Labute approximate surface area is 145 Å². The van der Waals surface area contributed by atoms with E-state index in [1.54, 1.807) is 6.07 Å². The Kier molecular flexibility index (Phi) is 5.89. The molecule has 124 valence electrons. The first-order valence-corrected chi connectivity index (χ1v) is 8.74. The largest absolute Gasteiger partial charge is 0.444 e. The van der Waals surface area contributed by atoms with Crippen LogP contribution in [0.3, 0.4) is 0 Å². The maximum Gasteiger partial charge on any atom is 0.291 e. The zero-order valence-corrected chi connectivity index (χ0v) is 15.1. The van der Waals surface area contributed by atoms with Gasteiger partial charge in [-0.05, 0) is 40.4 Å². The number of nitrogens with one attached hydrogen (secondary N) is 2. The van der Waals surface area contributed by atoms with Gasteiger partial charge in [0.15, 0.2) is 27.1 Å². The number of amides is 1. The van der Waals surface area contributed by atoms with Crippen LogP contribution in [0.2, 0.25) is 0 Å². The molecule has 4 N–H and O–H groups in total. The Morgan fingerprint density at radius 1 is 1.52 bits per heavy atom. The van der Waals surface area contributed by atoms with Gasteiger partial charge in [-0.25, -0.2) is 4.98 Å². The Morgan fingerprint density at radius 3 is 2.83 bits per heavy atom. The lowest BCUT2D eigenvalue weighted by atomic mass is 10.2. The average molecular weight is 401 g/mol. The van der Waals surface area contributed by atoms with Crippen LogP contribution in [0.25, 0.3) is 0 Å². The van der Waals surface area contributed by atoms with E-state index in [0.29, 0.717) is 15.7 Å². The summed E-state index contributed by atoms with van der Waals surface area (Å²) in [4.78, 5) is 30.8. The van der Waals surface area contributed by atoms with E-state index >= 15 is 0 Å². The third-order valence-corrected chi connectivity index (χ3v) is 4.23. The highest BCUT2D eigenvalue weighted by Gasteiger charge is 2.16. The SMILES string of the molecule is CC(C)CCSc1nc(N)c(NC(=O)c2ccc(Br)o2)c(=O)[nH]1. The van der Waals surface area contributed by atoms with Crippen LogP contribution >= 0.6 is 27.7 Å². The fraction of sp³-hybridized carbons (Fsp3) is 0.357. The van der Waals surface area contributed by atoms with Gasteiger partial charge in [0.25, 0.3) is 11.5 Å². The fourth-order valence-electron chi connectivity index (χ4n) is 1.66. The minimum atomic E-state index is -0.574. The highest BCUT2D eigenvalue weighted by molar-refractivity contribution is 9.10. The molecule has 0 aliphatic rings. The highest BCUT2D eigenvalue weighted by atomic mass is 79.9. The number of carbonyl (C=O) groups is 1. The number of hydrogen-bond donors (Lipinski definition) is 3. The van der Waals surface area contributed by atoms with Gasteiger partial charge in [0, 0.05) is 5.75 Å². The maximum absolute atomic E-state index is 12.1. The molecule has 2 aromatic heterocycles. The molecule has 0 radical (unpaired) electrons. The standard InChI is InChI=1S/C14H17BrN4O3S/c1-7(2)5-6-23-14-18-11(16)10(13(21)19-14)17-12(20)8-3-4-9(15)22-8/h3-4,7H,5-6H2,1-2H3,(H,17,20)(H3,16,18,19,21). The molecule has 2 rings (SSSR count). The van der Waals surface area contributed by atoms with Crippen molar-refractivity contribution in [2.45, 2.75) is 25.4 Å². The first-order valence-electron chi connectivity index (χ1n) is 6.96. The van der Waals surface area contributed by atoms with Crippen LogP contribution in [-0.2, 0) is 0 Å². The Hall–Kier alpha value is -1.74. The summed E-state index contributed by atoms with van der Waals surface area (Å²) in [6, 6.07) is 3.06. The molecule has 0 fully saturated rings. The Bertz CT molecular complexity index is 757. The van der Waals surface area contributed by atoms with Crippen molar-refractivity contribution in [3.8, 4) is 0 Å². The number of carbonyl (C=O) groups excluding carboxylic acids is 1. The van der Waals surface area contributed by atoms with Crippen molar-refractivity contribution in [1.29, 1.82) is 0 Å². The van der Waals surface area contributed by atoms with Crippen LogP contribution in [-0.4, -0.2) is 21.6 Å². The van der Waals surface area contributed by atoms with Gasteiger partial charge < -0.3 is 15.5 Å². The van der Waals surface area contributed by atoms with Gasteiger partial charge in [-0.15, -0.1) is 0 Å². The van der Waals surface area contributed by atoms with Gasteiger partial charge in [0.2, 0.25) is 0 Å². The molecular weight excluding hydrogens is 384 g/mol. The average Bonchev–Trinajstić information content (AvgIpc) is 2.89. The van der Waals surface area contributed by atoms with E-state index in [1.807, 2.05) is 0 Å². The topological polar surface area (TPSA) is 114 Å². The van der Waals surface area contributed by atoms with Gasteiger partial charge >= 0.3 is 0 Å². The number of hydrogen-bond acceptors (Lipinski definition) is 6. The molecule has 0 bridgehead atoms. The minimum absolute atomic E-state index is 0.0280. The van der Waals surface area contributed by atoms with Crippen molar-refractivity contribution < 1.29 is 9.21 Å². The predicted octanol–water partition coefficient (Wildman–Crippen LogP) is 3.10. The summed E-state index contributed by atoms with van der Waals surface area (Å²) in [5.74, 6) is 0.852. The first-order chi connectivity index (χ1) is 10.9. The molecule has 2 aromatic rings. The summed E-state index contributed by atoms with van der Waals surface area (Å²) in [7, 11) is 0. The van der Waals surface area contributed by atoms with Gasteiger partial charge in [-0.2, -0.15) is 0 Å². The van der Waals surface area contributed by atoms with Crippen molar-refractivity contribution >= 4 is 45.1 Å². The van der Waals surface area contributed by atoms with Gasteiger partial charge in [-0.3, -0.25) is 14.6 Å². The number of aromatic amines is 1. The lowest BCUT2D eigenvalue weighted by molar-refractivity contribution is 0.0995. The molecule has 0 unspecified atom stereocenters. The summed E-state index contributed by atoms with van der Waals surface area (Å²) in [6.45, 7) is 4.24. The quantitative estimate of drug-likeness (QED) is 0.506. The molecule has 0 saturated heterocycles. The molecular formula is C14H17BrN4O3S. The van der Waals surface area contributed by atoms with E-state index < -0.39 is 11.5 Å². The summed E-state index contributed by atoms with van der Waals surface area (Å²) >= 11 is 4.52. The number of thioether (sulfide) groups is 1. The molecule has 0 aliphatic carbocycles. The van der Waals surface area contributed by atoms with Gasteiger partial charge in [0.05, 0.1) is 0 Å². The number of aromatic nitrogens is 2. The van der Waals surface area contributed by atoms with E-state index in [4.69, 9.17) is 10.2 Å². The van der Waals surface area contributed by atoms with Crippen LogP contribution in [0.1, 0.15) is 30.8 Å². The summed E-state index contributed by atoms with van der Waals surface area (Å²) < 4.78 is 5.54. The number of nitrogens with two attached hydrogens (primary N) is 1. The van der Waals surface area contributed by atoms with Crippen molar-refractivity contribution in [3.05, 3.63) is 32.9 Å². The molecule has 9 heteroatoms. The number of nitrogens with zero attached hydrogens (tertiary/aromatic N) is 1. The van der Waals surface area contributed by atoms with Crippen LogP contribution in [0.5, 0.6) is 0 Å². The number of furan rings is 1. The molecule has 0 aromatic carbocycles. The number of halogens is 1. The molecule has 0 saturated carbocycles. The molecule has 1 amide bonds. The third kappa shape index (κ3) is 4.87. The summed E-state index contributed by atoms with van der Waals surface area (Å²) in [5, 5.41) is 2.85. The third-order valence-electron chi connectivity index (χ3n) is 2.90. The second-order valence-corrected chi connectivity index (χ2v) is 7.09. The van der Waals surface area contributed by atoms with E-state index in [-0.39, 0.29) is 17.3 Å². The number of nitrogen functional groups attached to an aromatic ring is 1. The minimum Gasteiger partial charge on any atom is -0.444 e. The van der Waals surface area contributed by atoms with Gasteiger partial charge in [-0.1, -0.05) is 25.6 Å². The van der Waals surface area contributed by atoms with Crippen LogP contribution in [0, 0.1) is 5.92 Å². The lowest BCUT2D eigenvalue weighted by Gasteiger charge is -2.08. The zero-order valence-electron chi connectivity index (χ0n) is 12.7. The van der Waals surface area contributed by atoms with Crippen molar-refractivity contribution in [2.24, 2.45) is 5.92 Å². The predicted molar refractivity (Wildman–Crippen MR) is 93.8 cm³/mol. The van der Waals surface area contributed by atoms with E-state index in [0.717, 1.165) is 12.2 Å². The van der Waals surface area contributed by atoms with Crippen LogP contribution in [0.15, 0.2) is 31.2 Å². The van der Waals surface area contributed by atoms with Crippen molar-refractivity contribution in [2.75, 3.05) is 16.8 Å². The van der Waals surface area contributed by atoms with Crippen LogP contribution in [0.4, 0.5) is 11.5 Å². The van der Waals surface area contributed by atoms with Crippen molar-refractivity contribution in [1.82, 2.24) is 9.97 Å². The first kappa shape index (κ1) is 17.6. The normalized spacial score (nSPS) is 11.0. The molecule has 0 aliphatic heterocycles.